The van der Waals surface area contributed by atoms with E-state index in [-0.39, 0.29) is 17.9 Å². The van der Waals surface area contributed by atoms with E-state index in [0.717, 1.165) is 84.2 Å². The van der Waals surface area contributed by atoms with Gasteiger partial charge in [-0.3, -0.25) is 19.4 Å². The van der Waals surface area contributed by atoms with Crippen molar-refractivity contribution in [2.24, 2.45) is 0 Å². The fourth-order valence-electron chi connectivity index (χ4n) is 5.99. The van der Waals surface area contributed by atoms with Gasteiger partial charge in [-0.1, -0.05) is 38.0 Å². The Balaban J connectivity index is 1.10. The molecule has 3 fully saturated rings. The van der Waals surface area contributed by atoms with Crippen LogP contribution in [0.2, 0.25) is 0 Å². The fourth-order valence-corrected chi connectivity index (χ4v) is 5.99. The van der Waals surface area contributed by atoms with E-state index >= 15 is 0 Å². The molecule has 3 aliphatic heterocycles. The molecule has 3 heterocycles. The molecule has 7 heteroatoms. The van der Waals surface area contributed by atoms with Gasteiger partial charge in [0.2, 0.25) is 11.8 Å². The zero-order valence-electron chi connectivity index (χ0n) is 20.8. The average Bonchev–Trinajstić information content (AvgIpc) is 3.20. The lowest BCUT2D eigenvalue weighted by Gasteiger charge is -2.43. The molecule has 0 aromatic heterocycles. The summed E-state index contributed by atoms with van der Waals surface area (Å²) >= 11 is 0. The Kier molecular flexibility index (Phi) is 7.40. The molecule has 2 amide bonds. The summed E-state index contributed by atoms with van der Waals surface area (Å²) in [5.74, 6) is 0.510. The number of carbonyl (C=O) groups excluding carboxylic acids is 2. The lowest BCUT2D eigenvalue weighted by atomic mass is 9.91. The highest BCUT2D eigenvalue weighted by Gasteiger charge is 2.37. The largest absolute Gasteiger partial charge is 0.359 e. The SMILES string of the molecule is CCCCN1c2ccccc2CC1C(=O)N1CCN(CC(=O)N2CCN(C3CCC3)CC2)CC1. The highest BCUT2D eigenvalue weighted by molar-refractivity contribution is 5.88. The van der Waals surface area contributed by atoms with E-state index in [9.17, 15) is 9.59 Å². The van der Waals surface area contributed by atoms with Crippen LogP contribution in [0.4, 0.5) is 5.69 Å². The smallest absolute Gasteiger partial charge is 0.245 e. The number of rotatable bonds is 7. The zero-order chi connectivity index (χ0) is 23.5. The first-order valence-electron chi connectivity index (χ1n) is 13.5. The zero-order valence-corrected chi connectivity index (χ0v) is 20.8. The molecule has 4 aliphatic rings. The van der Waals surface area contributed by atoms with Crippen LogP contribution in [0.25, 0.3) is 0 Å². The third-order valence-electron chi connectivity index (χ3n) is 8.43. The van der Waals surface area contributed by atoms with Crippen LogP contribution in [0.15, 0.2) is 24.3 Å². The van der Waals surface area contributed by atoms with Crippen LogP contribution in [0.3, 0.4) is 0 Å². The van der Waals surface area contributed by atoms with Crippen molar-refractivity contribution in [3.05, 3.63) is 29.8 Å². The summed E-state index contributed by atoms with van der Waals surface area (Å²) in [7, 11) is 0. The second-order valence-electron chi connectivity index (χ2n) is 10.5. The number of carbonyl (C=O) groups is 2. The van der Waals surface area contributed by atoms with Gasteiger partial charge in [0.1, 0.15) is 6.04 Å². The van der Waals surface area contributed by atoms with Gasteiger partial charge in [0, 0.05) is 77.1 Å². The summed E-state index contributed by atoms with van der Waals surface area (Å²) in [6.07, 6.45) is 7.07. The molecular weight excluding hydrogens is 426 g/mol. The quantitative estimate of drug-likeness (QED) is 0.615. The Labute approximate surface area is 204 Å². The van der Waals surface area contributed by atoms with E-state index in [1.807, 2.05) is 9.80 Å². The maximum atomic E-state index is 13.5. The van der Waals surface area contributed by atoms with E-state index in [4.69, 9.17) is 0 Å². The van der Waals surface area contributed by atoms with E-state index in [0.29, 0.717) is 6.54 Å². The number of unbranched alkanes of at least 4 members (excludes halogenated alkanes) is 1. The summed E-state index contributed by atoms with van der Waals surface area (Å²) in [4.78, 5) is 37.6. The Morgan fingerprint density at radius 1 is 0.912 bits per heavy atom. The lowest BCUT2D eigenvalue weighted by molar-refractivity contribution is -0.137. The van der Waals surface area contributed by atoms with Crippen LogP contribution < -0.4 is 4.90 Å². The van der Waals surface area contributed by atoms with Gasteiger partial charge in [0.05, 0.1) is 6.54 Å². The molecule has 1 aliphatic carbocycles. The number of piperazine rings is 2. The van der Waals surface area contributed by atoms with Crippen LogP contribution in [0.1, 0.15) is 44.6 Å². The van der Waals surface area contributed by atoms with Gasteiger partial charge in [0.15, 0.2) is 0 Å². The molecular formula is C27H41N5O2. The molecule has 186 valence electrons. The molecule has 2 saturated heterocycles. The van der Waals surface area contributed by atoms with Crippen molar-refractivity contribution in [1.29, 1.82) is 0 Å². The highest BCUT2D eigenvalue weighted by atomic mass is 16.2. The molecule has 1 aromatic carbocycles. The molecule has 0 radical (unpaired) electrons. The number of amides is 2. The Morgan fingerprint density at radius 2 is 1.62 bits per heavy atom. The van der Waals surface area contributed by atoms with Crippen molar-refractivity contribution in [1.82, 2.24) is 19.6 Å². The minimum absolute atomic E-state index is 0.0795. The number of benzene rings is 1. The van der Waals surface area contributed by atoms with E-state index < -0.39 is 0 Å². The molecule has 1 unspecified atom stereocenters. The standard InChI is InChI=1S/C27H41N5O2/c1-2-3-11-32-24-10-5-4-7-22(24)20-25(32)27(34)31-14-12-28(13-15-31)21-26(33)30-18-16-29(17-19-30)23-8-6-9-23/h4-5,7,10,23,25H,2-3,6,8-9,11-21H2,1H3. The number of nitrogens with zero attached hydrogens (tertiary/aromatic N) is 5. The molecule has 1 aromatic rings. The Bertz CT molecular complexity index is 856. The highest BCUT2D eigenvalue weighted by Crippen LogP contribution is 2.33. The molecule has 0 bridgehead atoms. The number of anilines is 1. The van der Waals surface area contributed by atoms with Crippen LogP contribution in [-0.2, 0) is 16.0 Å². The number of hydrogen-bond acceptors (Lipinski definition) is 5. The monoisotopic (exact) mass is 467 g/mol. The minimum Gasteiger partial charge on any atom is -0.359 e. The third-order valence-corrected chi connectivity index (χ3v) is 8.43. The van der Waals surface area contributed by atoms with E-state index in [1.54, 1.807) is 0 Å². The molecule has 1 saturated carbocycles. The second-order valence-corrected chi connectivity index (χ2v) is 10.5. The normalized spacial score (nSPS) is 24.3. The number of fused-ring (bicyclic) bond motifs is 1. The molecule has 0 spiro atoms. The van der Waals surface area contributed by atoms with Crippen molar-refractivity contribution in [2.45, 2.75) is 57.5 Å². The van der Waals surface area contributed by atoms with Gasteiger partial charge in [-0.25, -0.2) is 0 Å². The van der Waals surface area contributed by atoms with Gasteiger partial charge in [0.25, 0.3) is 0 Å². The predicted molar refractivity (Wildman–Crippen MR) is 135 cm³/mol. The summed E-state index contributed by atoms with van der Waals surface area (Å²) in [5, 5.41) is 0. The van der Waals surface area contributed by atoms with Crippen molar-refractivity contribution >= 4 is 17.5 Å². The molecule has 1 atom stereocenters. The van der Waals surface area contributed by atoms with Gasteiger partial charge < -0.3 is 14.7 Å². The Morgan fingerprint density at radius 3 is 2.29 bits per heavy atom. The maximum Gasteiger partial charge on any atom is 0.245 e. The average molecular weight is 468 g/mol. The number of hydrogen-bond donors (Lipinski definition) is 0. The second kappa shape index (κ2) is 10.6. The van der Waals surface area contributed by atoms with E-state index in [1.165, 1.54) is 30.5 Å². The first-order chi connectivity index (χ1) is 16.6. The van der Waals surface area contributed by atoms with Gasteiger partial charge in [-0.15, -0.1) is 0 Å². The summed E-state index contributed by atoms with van der Waals surface area (Å²) in [5.41, 5.74) is 2.52. The topological polar surface area (TPSA) is 50.3 Å². The first kappa shape index (κ1) is 23.6. The Hall–Kier alpha value is -2.12. The number of para-hydroxylation sites is 1. The van der Waals surface area contributed by atoms with Crippen molar-refractivity contribution in [3.63, 3.8) is 0 Å². The molecule has 7 nitrogen and oxygen atoms in total. The van der Waals surface area contributed by atoms with Gasteiger partial charge in [-0.05, 0) is 30.9 Å². The third kappa shape index (κ3) is 4.96. The van der Waals surface area contributed by atoms with Crippen molar-refractivity contribution in [3.8, 4) is 0 Å². The maximum absolute atomic E-state index is 13.5. The van der Waals surface area contributed by atoms with Gasteiger partial charge >= 0.3 is 0 Å². The minimum atomic E-state index is -0.0795. The van der Waals surface area contributed by atoms with Crippen LogP contribution in [0.5, 0.6) is 0 Å². The molecule has 5 rings (SSSR count). The fraction of sp³-hybridized carbons (Fsp3) is 0.704. The predicted octanol–water partition coefficient (Wildman–Crippen LogP) is 2.06. The van der Waals surface area contributed by atoms with Crippen LogP contribution in [-0.4, -0.2) is 109 Å². The van der Waals surface area contributed by atoms with Gasteiger partial charge in [-0.2, -0.15) is 0 Å². The summed E-state index contributed by atoms with van der Waals surface area (Å²) in [6, 6.07) is 9.17. The molecule has 34 heavy (non-hydrogen) atoms. The first-order valence-corrected chi connectivity index (χ1v) is 13.5. The van der Waals surface area contributed by atoms with Crippen molar-refractivity contribution in [2.75, 3.05) is 70.3 Å². The van der Waals surface area contributed by atoms with E-state index in [2.05, 4.69) is 45.9 Å². The molecule has 0 N–H and O–H groups in total. The van der Waals surface area contributed by atoms with Crippen LogP contribution in [0, 0.1) is 0 Å². The van der Waals surface area contributed by atoms with Crippen molar-refractivity contribution < 1.29 is 9.59 Å². The summed E-state index contributed by atoms with van der Waals surface area (Å²) < 4.78 is 0. The van der Waals surface area contributed by atoms with Crippen LogP contribution >= 0.6 is 0 Å². The lowest BCUT2D eigenvalue weighted by Crippen LogP contribution is -2.57. The summed E-state index contributed by atoms with van der Waals surface area (Å²) in [6.45, 7) is 10.4.